The van der Waals surface area contributed by atoms with Crippen molar-refractivity contribution in [3.63, 3.8) is 0 Å². The zero-order chi connectivity index (χ0) is 22.6. The predicted molar refractivity (Wildman–Crippen MR) is 122 cm³/mol. The van der Waals surface area contributed by atoms with Crippen molar-refractivity contribution in [1.82, 2.24) is 4.98 Å². The van der Waals surface area contributed by atoms with E-state index in [1.807, 2.05) is 19.0 Å². The van der Waals surface area contributed by atoms with Gasteiger partial charge in [-0.2, -0.15) is 0 Å². The first-order chi connectivity index (χ1) is 14.7. The number of amides is 1. The number of ether oxygens (including phenoxy) is 1. The lowest BCUT2D eigenvalue weighted by Crippen LogP contribution is -2.16. The Morgan fingerprint density at radius 3 is 2.52 bits per heavy atom. The molecule has 1 amide bonds. The van der Waals surface area contributed by atoms with Gasteiger partial charge in [0, 0.05) is 24.7 Å². The van der Waals surface area contributed by atoms with E-state index in [2.05, 4.69) is 15.0 Å². The van der Waals surface area contributed by atoms with Gasteiger partial charge >= 0.3 is 0 Å². The Kier molecular flexibility index (Phi) is 6.67. The fourth-order valence-corrected chi connectivity index (χ4v) is 3.97. The average molecular weight is 461 g/mol. The summed E-state index contributed by atoms with van der Waals surface area (Å²) in [4.78, 5) is 18.6. The molecule has 0 atom stereocenters. The maximum absolute atomic E-state index is 12.9. The van der Waals surface area contributed by atoms with Crippen LogP contribution in [0.2, 0.25) is 5.02 Å². The predicted octanol–water partition coefficient (Wildman–Crippen LogP) is 3.86. The van der Waals surface area contributed by atoms with Crippen molar-refractivity contribution in [3.05, 3.63) is 71.4 Å². The molecule has 0 spiro atoms. The number of sulfonamides is 1. The van der Waals surface area contributed by atoms with Crippen molar-refractivity contribution in [2.75, 3.05) is 36.1 Å². The summed E-state index contributed by atoms with van der Waals surface area (Å²) >= 11 is 5.97. The number of carbonyl (C=O) groups excluding carboxylic acids is 1. The third-order valence-electron chi connectivity index (χ3n) is 4.28. The van der Waals surface area contributed by atoms with Crippen LogP contribution in [0.1, 0.15) is 10.4 Å². The summed E-state index contributed by atoms with van der Waals surface area (Å²) in [6.45, 7) is 0. The number of hydrogen-bond acceptors (Lipinski definition) is 6. The molecule has 3 rings (SSSR count). The number of carbonyl (C=O) groups is 1. The highest BCUT2D eigenvalue weighted by Gasteiger charge is 2.19. The molecule has 0 saturated carbocycles. The number of pyridine rings is 1. The second-order valence-corrected chi connectivity index (χ2v) is 8.85. The Morgan fingerprint density at radius 2 is 1.87 bits per heavy atom. The molecule has 0 unspecified atom stereocenters. The van der Waals surface area contributed by atoms with Crippen molar-refractivity contribution < 1.29 is 17.9 Å². The van der Waals surface area contributed by atoms with E-state index >= 15 is 0 Å². The fraction of sp³-hybridized carbons (Fsp3) is 0.143. The molecular weight excluding hydrogens is 440 g/mol. The second kappa shape index (κ2) is 9.23. The molecule has 0 saturated heterocycles. The Bertz CT molecular complexity index is 1200. The summed E-state index contributed by atoms with van der Waals surface area (Å²) in [6, 6.07) is 13.8. The van der Waals surface area contributed by atoms with Crippen LogP contribution in [0.4, 0.5) is 17.2 Å². The van der Waals surface area contributed by atoms with E-state index in [0.29, 0.717) is 16.5 Å². The number of benzene rings is 2. The highest BCUT2D eigenvalue weighted by molar-refractivity contribution is 7.92. The summed E-state index contributed by atoms with van der Waals surface area (Å²) in [6.07, 6.45) is 1.53. The lowest BCUT2D eigenvalue weighted by atomic mass is 10.2. The van der Waals surface area contributed by atoms with Gasteiger partial charge in [-0.3, -0.25) is 9.52 Å². The van der Waals surface area contributed by atoms with Crippen LogP contribution < -0.4 is 19.7 Å². The van der Waals surface area contributed by atoms with Crippen LogP contribution >= 0.6 is 11.6 Å². The molecule has 2 N–H and O–H groups in total. The molecule has 0 radical (unpaired) electrons. The van der Waals surface area contributed by atoms with E-state index in [1.165, 1.54) is 43.6 Å². The standard InChI is InChI=1S/C21H21ClN4O4S/c1-26(2)20-10-8-16(13-23-20)24-21(27)14-5-4-6-17(11-14)31(28,29)25-18-12-15(22)7-9-19(18)30-3/h4-13,25H,1-3H3,(H,24,27). The molecular formula is C21H21ClN4O4S. The quantitative estimate of drug-likeness (QED) is 0.555. The van der Waals surface area contributed by atoms with Gasteiger partial charge in [-0.15, -0.1) is 0 Å². The van der Waals surface area contributed by atoms with Gasteiger partial charge in [-0.25, -0.2) is 13.4 Å². The van der Waals surface area contributed by atoms with Crippen molar-refractivity contribution in [3.8, 4) is 5.75 Å². The highest BCUT2D eigenvalue weighted by Crippen LogP contribution is 2.30. The minimum Gasteiger partial charge on any atom is -0.495 e. The van der Waals surface area contributed by atoms with Gasteiger partial charge in [0.25, 0.3) is 15.9 Å². The average Bonchev–Trinajstić information content (AvgIpc) is 2.74. The van der Waals surface area contributed by atoms with E-state index in [1.54, 1.807) is 24.3 Å². The van der Waals surface area contributed by atoms with Crippen LogP contribution in [0.3, 0.4) is 0 Å². The lowest BCUT2D eigenvalue weighted by molar-refractivity contribution is 0.102. The first-order valence-electron chi connectivity index (χ1n) is 9.11. The van der Waals surface area contributed by atoms with E-state index in [4.69, 9.17) is 16.3 Å². The van der Waals surface area contributed by atoms with Gasteiger partial charge in [-0.05, 0) is 48.5 Å². The molecule has 0 aliphatic carbocycles. The van der Waals surface area contributed by atoms with E-state index < -0.39 is 15.9 Å². The maximum atomic E-state index is 12.9. The molecule has 2 aromatic carbocycles. The van der Waals surface area contributed by atoms with Gasteiger partial charge in [0.15, 0.2) is 0 Å². The summed E-state index contributed by atoms with van der Waals surface area (Å²) < 4.78 is 33.3. The van der Waals surface area contributed by atoms with Gasteiger partial charge in [0.05, 0.1) is 29.6 Å². The van der Waals surface area contributed by atoms with Crippen LogP contribution in [0.15, 0.2) is 65.7 Å². The number of nitrogens with zero attached hydrogens (tertiary/aromatic N) is 2. The van der Waals surface area contributed by atoms with Gasteiger partial charge in [-0.1, -0.05) is 17.7 Å². The number of rotatable bonds is 7. The van der Waals surface area contributed by atoms with Crippen LogP contribution in [0, 0.1) is 0 Å². The van der Waals surface area contributed by atoms with E-state index in [0.717, 1.165) is 5.82 Å². The number of anilines is 3. The second-order valence-electron chi connectivity index (χ2n) is 6.73. The zero-order valence-electron chi connectivity index (χ0n) is 17.1. The van der Waals surface area contributed by atoms with Gasteiger partial charge < -0.3 is 15.0 Å². The monoisotopic (exact) mass is 460 g/mol. The SMILES string of the molecule is COc1ccc(Cl)cc1NS(=O)(=O)c1cccc(C(=O)Nc2ccc(N(C)C)nc2)c1. The number of nitrogens with one attached hydrogen (secondary N) is 2. The molecule has 0 aliphatic rings. The molecule has 0 aliphatic heterocycles. The molecule has 10 heteroatoms. The highest BCUT2D eigenvalue weighted by atomic mass is 35.5. The Balaban J connectivity index is 1.81. The van der Waals surface area contributed by atoms with Crippen LogP contribution in [0.25, 0.3) is 0 Å². The third kappa shape index (κ3) is 5.44. The first kappa shape index (κ1) is 22.4. The molecule has 1 heterocycles. The number of halogens is 1. The van der Waals surface area contributed by atoms with Crippen LogP contribution in [-0.4, -0.2) is 40.5 Å². The zero-order valence-corrected chi connectivity index (χ0v) is 18.7. The maximum Gasteiger partial charge on any atom is 0.262 e. The van der Waals surface area contributed by atoms with Gasteiger partial charge in [0.2, 0.25) is 0 Å². The Labute approximate surface area is 185 Å². The van der Waals surface area contributed by atoms with E-state index in [9.17, 15) is 13.2 Å². The molecule has 0 bridgehead atoms. The fourth-order valence-electron chi connectivity index (χ4n) is 2.70. The molecule has 1 aromatic heterocycles. The molecule has 31 heavy (non-hydrogen) atoms. The Morgan fingerprint density at radius 1 is 1.10 bits per heavy atom. The summed E-state index contributed by atoms with van der Waals surface area (Å²) in [5.74, 6) is 0.598. The third-order valence-corrected chi connectivity index (χ3v) is 5.87. The number of aromatic nitrogens is 1. The Hall–Kier alpha value is -3.30. The minimum atomic E-state index is -3.99. The molecule has 3 aromatic rings. The van der Waals surface area contributed by atoms with E-state index in [-0.39, 0.29) is 16.1 Å². The van der Waals surface area contributed by atoms with Gasteiger partial charge in [0.1, 0.15) is 11.6 Å². The first-order valence-corrected chi connectivity index (χ1v) is 11.0. The summed E-state index contributed by atoms with van der Waals surface area (Å²) in [7, 11) is 1.15. The van der Waals surface area contributed by atoms with Crippen molar-refractivity contribution in [2.45, 2.75) is 4.90 Å². The molecule has 0 fully saturated rings. The largest absolute Gasteiger partial charge is 0.495 e. The smallest absolute Gasteiger partial charge is 0.262 e. The topological polar surface area (TPSA) is 101 Å². The molecule has 8 nitrogen and oxygen atoms in total. The lowest BCUT2D eigenvalue weighted by Gasteiger charge is -2.13. The van der Waals surface area contributed by atoms with Crippen molar-refractivity contribution in [1.29, 1.82) is 0 Å². The molecule has 162 valence electrons. The van der Waals surface area contributed by atoms with Crippen molar-refractivity contribution in [2.24, 2.45) is 0 Å². The van der Waals surface area contributed by atoms with Crippen LogP contribution in [0.5, 0.6) is 5.75 Å². The number of methoxy groups -OCH3 is 1. The summed E-state index contributed by atoms with van der Waals surface area (Å²) in [5.41, 5.74) is 0.861. The minimum absolute atomic E-state index is 0.0803. The summed E-state index contributed by atoms with van der Waals surface area (Å²) in [5, 5.41) is 3.05. The van der Waals surface area contributed by atoms with Crippen molar-refractivity contribution >= 4 is 44.7 Å². The normalized spacial score (nSPS) is 11.0. The number of hydrogen-bond donors (Lipinski definition) is 2. The van der Waals surface area contributed by atoms with Crippen LogP contribution in [-0.2, 0) is 10.0 Å².